The van der Waals surface area contributed by atoms with Crippen LogP contribution in [0.25, 0.3) is 0 Å². The lowest BCUT2D eigenvalue weighted by Gasteiger charge is -2.15. The second kappa shape index (κ2) is 7.47. The van der Waals surface area contributed by atoms with Gasteiger partial charge in [-0.25, -0.2) is 9.59 Å². The first-order valence-electron chi connectivity index (χ1n) is 7.17. The van der Waals surface area contributed by atoms with Crippen molar-refractivity contribution in [2.24, 2.45) is 0 Å². The quantitative estimate of drug-likeness (QED) is 0.704. The zero-order chi connectivity index (χ0) is 15.1. The van der Waals surface area contributed by atoms with E-state index in [0.717, 1.165) is 19.3 Å². The Bertz CT molecular complexity index is 526. The van der Waals surface area contributed by atoms with Crippen molar-refractivity contribution in [3.63, 3.8) is 0 Å². The zero-order valence-corrected chi connectivity index (χ0v) is 11.8. The molecular weight excluding hydrogens is 268 g/mol. The third-order valence-electron chi connectivity index (χ3n) is 3.52. The van der Waals surface area contributed by atoms with Gasteiger partial charge >= 0.3 is 12.0 Å². The molecule has 0 bridgehead atoms. The molecule has 112 valence electrons. The lowest BCUT2D eigenvalue weighted by atomic mass is 10.1. The number of urea groups is 1. The SMILES string of the molecule is O=C(NCCC1=CCCC1)N[C@H](C(=O)O)c1ccccc1. The highest BCUT2D eigenvalue weighted by Crippen LogP contribution is 2.19. The summed E-state index contributed by atoms with van der Waals surface area (Å²) in [6, 6.07) is 7.18. The summed E-state index contributed by atoms with van der Waals surface area (Å²) in [6.07, 6.45) is 6.46. The smallest absolute Gasteiger partial charge is 0.330 e. The van der Waals surface area contributed by atoms with Crippen LogP contribution in [0.3, 0.4) is 0 Å². The summed E-state index contributed by atoms with van der Waals surface area (Å²) in [4.78, 5) is 23.1. The first-order chi connectivity index (χ1) is 10.2. The number of carboxylic acid groups (broad SMARTS) is 1. The Hall–Kier alpha value is -2.30. The van der Waals surface area contributed by atoms with Crippen LogP contribution in [-0.4, -0.2) is 23.7 Å². The van der Waals surface area contributed by atoms with Gasteiger partial charge in [-0.1, -0.05) is 42.0 Å². The van der Waals surface area contributed by atoms with Crippen LogP contribution < -0.4 is 10.6 Å². The summed E-state index contributed by atoms with van der Waals surface area (Å²) in [5.41, 5.74) is 1.92. The molecule has 0 spiro atoms. The van der Waals surface area contributed by atoms with Crippen LogP contribution in [0.4, 0.5) is 4.79 Å². The monoisotopic (exact) mass is 288 g/mol. The number of hydrogen-bond acceptors (Lipinski definition) is 2. The van der Waals surface area contributed by atoms with E-state index in [9.17, 15) is 14.7 Å². The number of hydrogen-bond donors (Lipinski definition) is 3. The molecule has 2 amide bonds. The molecule has 0 radical (unpaired) electrons. The van der Waals surface area contributed by atoms with E-state index in [1.54, 1.807) is 30.3 Å². The van der Waals surface area contributed by atoms with Gasteiger partial charge in [-0.2, -0.15) is 0 Å². The molecule has 0 aromatic heterocycles. The Morgan fingerprint density at radius 2 is 2.00 bits per heavy atom. The van der Waals surface area contributed by atoms with Gasteiger partial charge < -0.3 is 15.7 Å². The molecule has 0 fully saturated rings. The second-order valence-corrected chi connectivity index (χ2v) is 5.09. The lowest BCUT2D eigenvalue weighted by Crippen LogP contribution is -2.41. The minimum Gasteiger partial charge on any atom is -0.479 e. The van der Waals surface area contributed by atoms with Crippen molar-refractivity contribution in [2.75, 3.05) is 6.54 Å². The minimum atomic E-state index is -1.07. The Balaban J connectivity index is 1.82. The molecule has 2 rings (SSSR count). The number of amides is 2. The lowest BCUT2D eigenvalue weighted by molar-refractivity contribution is -0.139. The molecule has 5 heteroatoms. The van der Waals surface area contributed by atoms with Crippen LogP contribution in [0.5, 0.6) is 0 Å². The fourth-order valence-electron chi connectivity index (χ4n) is 2.42. The highest BCUT2D eigenvalue weighted by molar-refractivity contribution is 5.83. The van der Waals surface area contributed by atoms with Gasteiger partial charge in [0.05, 0.1) is 0 Å². The summed E-state index contributed by atoms with van der Waals surface area (Å²) in [5, 5.41) is 14.4. The number of carbonyl (C=O) groups is 2. The molecule has 0 saturated heterocycles. The molecule has 21 heavy (non-hydrogen) atoms. The summed E-state index contributed by atoms with van der Waals surface area (Å²) in [7, 11) is 0. The van der Waals surface area contributed by atoms with E-state index in [4.69, 9.17) is 0 Å². The molecule has 1 atom stereocenters. The highest BCUT2D eigenvalue weighted by atomic mass is 16.4. The first-order valence-corrected chi connectivity index (χ1v) is 7.17. The van der Waals surface area contributed by atoms with Crippen molar-refractivity contribution in [1.82, 2.24) is 10.6 Å². The Morgan fingerprint density at radius 3 is 2.62 bits per heavy atom. The van der Waals surface area contributed by atoms with Crippen molar-refractivity contribution >= 4 is 12.0 Å². The molecular formula is C16H20N2O3. The average Bonchev–Trinajstić information content (AvgIpc) is 2.98. The Kier molecular flexibility index (Phi) is 5.37. The largest absolute Gasteiger partial charge is 0.479 e. The van der Waals surface area contributed by atoms with Crippen LogP contribution >= 0.6 is 0 Å². The molecule has 1 aromatic carbocycles. The van der Waals surface area contributed by atoms with Crippen molar-refractivity contribution in [3.8, 4) is 0 Å². The Labute approximate surface area is 124 Å². The standard InChI is InChI=1S/C16H20N2O3/c19-15(20)14(13-8-2-1-3-9-13)18-16(21)17-11-10-12-6-4-5-7-12/h1-3,6,8-9,14H,4-5,7,10-11H2,(H,19,20)(H2,17,18,21)/t14-/m0/s1. The van der Waals surface area contributed by atoms with Gasteiger partial charge in [-0.3, -0.25) is 0 Å². The summed E-state index contributed by atoms with van der Waals surface area (Å²) in [6.45, 7) is 0.527. The number of aliphatic carboxylic acids is 1. The van der Waals surface area contributed by atoms with E-state index in [0.29, 0.717) is 12.1 Å². The van der Waals surface area contributed by atoms with Crippen LogP contribution in [0.2, 0.25) is 0 Å². The molecule has 0 aliphatic heterocycles. The molecule has 3 N–H and O–H groups in total. The van der Waals surface area contributed by atoms with Gasteiger partial charge in [0.15, 0.2) is 6.04 Å². The third-order valence-corrected chi connectivity index (χ3v) is 3.52. The maximum atomic E-state index is 11.8. The maximum Gasteiger partial charge on any atom is 0.330 e. The number of nitrogens with one attached hydrogen (secondary N) is 2. The van der Waals surface area contributed by atoms with Crippen molar-refractivity contribution < 1.29 is 14.7 Å². The van der Waals surface area contributed by atoms with Crippen molar-refractivity contribution in [1.29, 1.82) is 0 Å². The van der Waals surface area contributed by atoms with Gasteiger partial charge in [0.1, 0.15) is 0 Å². The van der Waals surface area contributed by atoms with E-state index in [2.05, 4.69) is 16.7 Å². The summed E-state index contributed by atoms with van der Waals surface area (Å²) >= 11 is 0. The van der Waals surface area contributed by atoms with Crippen molar-refractivity contribution in [2.45, 2.75) is 31.7 Å². The molecule has 1 aromatic rings. The van der Waals surface area contributed by atoms with E-state index in [1.807, 2.05) is 0 Å². The van der Waals surface area contributed by atoms with E-state index < -0.39 is 18.0 Å². The number of benzene rings is 1. The van der Waals surface area contributed by atoms with Gasteiger partial charge in [0.2, 0.25) is 0 Å². The summed E-state index contributed by atoms with van der Waals surface area (Å²) < 4.78 is 0. The molecule has 1 aliphatic carbocycles. The van der Waals surface area contributed by atoms with E-state index in [1.165, 1.54) is 12.0 Å². The number of carbonyl (C=O) groups excluding carboxylic acids is 1. The van der Waals surface area contributed by atoms with Crippen molar-refractivity contribution in [3.05, 3.63) is 47.5 Å². The molecule has 1 aliphatic rings. The molecule has 0 saturated carbocycles. The number of allylic oxidation sites excluding steroid dienone is 1. The number of rotatable bonds is 6. The average molecular weight is 288 g/mol. The topological polar surface area (TPSA) is 78.4 Å². The first kappa shape index (κ1) is 15.1. The number of carboxylic acids is 1. The fourth-order valence-corrected chi connectivity index (χ4v) is 2.42. The van der Waals surface area contributed by atoms with E-state index in [-0.39, 0.29) is 0 Å². The van der Waals surface area contributed by atoms with E-state index >= 15 is 0 Å². The van der Waals surface area contributed by atoms with Gasteiger partial charge in [0, 0.05) is 6.54 Å². The van der Waals surface area contributed by atoms with Crippen LogP contribution in [0, 0.1) is 0 Å². The minimum absolute atomic E-state index is 0.454. The predicted octanol–water partition coefficient (Wildman–Crippen LogP) is 2.61. The summed E-state index contributed by atoms with van der Waals surface area (Å²) in [5.74, 6) is -1.07. The molecule has 5 nitrogen and oxygen atoms in total. The van der Waals surface area contributed by atoms with Crippen LogP contribution in [0.15, 0.2) is 42.0 Å². The maximum absolute atomic E-state index is 11.8. The predicted molar refractivity (Wildman–Crippen MR) is 79.9 cm³/mol. The normalized spacial score (nSPS) is 15.1. The Morgan fingerprint density at radius 1 is 1.24 bits per heavy atom. The van der Waals surface area contributed by atoms with Gasteiger partial charge in [-0.05, 0) is 31.2 Å². The molecule has 0 heterocycles. The van der Waals surface area contributed by atoms with Gasteiger partial charge in [-0.15, -0.1) is 0 Å². The zero-order valence-electron chi connectivity index (χ0n) is 11.8. The highest BCUT2D eigenvalue weighted by Gasteiger charge is 2.21. The second-order valence-electron chi connectivity index (χ2n) is 5.09. The van der Waals surface area contributed by atoms with Gasteiger partial charge in [0.25, 0.3) is 0 Å². The van der Waals surface area contributed by atoms with Crippen LogP contribution in [-0.2, 0) is 4.79 Å². The third kappa shape index (κ3) is 4.63. The fraction of sp³-hybridized carbons (Fsp3) is 0.375. The molecule has 0 unspecified atom stereocenters. The van der Waals surface area contributed by atoms with Crippen LogP contribution in [0.1, 0.15) is 37.3 Å².